The number of hydrogen-bond acceptors (Lipinski definition) is 2. The summed E-state index contributed by atoms with van der Waals surface area (Å²) in [5.74, 6) is 0.858. The summed E-state index contributed by atoms with van der Waals surface area (Å²) in [6.45, 7) is 6.49. The maximum atomic E-state index is 11.4. The number of nitrogens with one attached hydrogen (secondary N) is 2. The van der Waals surface area contributed by atoms with Crippen molar-refractivity contribution in [2.75, 3.05) is 0 Å². The Morgan fingerprint density at radius 1 is 1.14 bits per heavy atom. The Balaban J connectivity index is 2.03. The van der Waals surface area contributed by atoms with Crippen molar-refractivity contribution in [1.29, 1.82) is 0 Å². The van der Waals surface area contributed by atoms with Crippen molar-refractivity contribution in [1.82, 2.24) is 9.97 Å². The molecule has 3 rings (SSSR count). The third-order valence-electron chi connectivity index (χ3n) is 4.59. The van der Waals surface area contributed by atoms with Crippen molar-refractivity contribution >= 4 is 42.9 Å². The number of rotatable bonds is 2. The average molecular weight is 418 g/mol. The van der Waals surface area contributed by atoms with Crippen molar-refractivity contribution in [2.45, 2.75) is 37.8 Å². The Bertz CT molecular complexity index is 724. The molecule has 1 saturated heterocycles. The normalized spacial score (nSPS) is 30.9. The van der Waals surface area contributed by atoms with E-state index in [9.17, 15) is 4.79 Å². The van der Waals surface area contributed by atoms with Crippen molar-refractivity contribution in [3.8, 4) is 0 Å². The van der Waals surface area contributed by atoms with E-state index in [0.29, 0.717) is 11.8 Å². The highest BCUT2D eigenvalue weighted by Gasteiger charge is 2.41. The summed E-state index contributed by atoms with van der Waals surface area (Å²) in [5, 5.41) is 0. The lowest BCUT2D eigenvalue weighted by atomic mass is 9.84. The maximum Gasteiger partial charge on any atom is 0.323 e. The maximum absolute atomic E-state index is 11.4. The second kappa shape index (κ2) is 5.56. The molecule has 4 nitrogen and oxygen atoms in total. The van der Waals surface area contributed by atoms with E-state index in [0.717, 1.165) is 21.1 Å². The van der Waals surface area contributed by atoms with Gasteiger partial charge in [-0.15, -0.1) is 0 Å². The smallest absolute Gasteiger partial charge is 0.323 e. The van der Waals surface area contributed by atoms with Crippen LogP contribution in [0.3, 0.4) is 0 Å². The van der Waals surface area contributed by atoms with Gasteiger partial charge in [0.2, 0.25) is 0 Å². The van der Waals surface area contributed by atoms with Gasteiger partial charge in [-0.25, -0.2) is 4.79 Å². The Kier molecular flexibility index (Phi) is 4.05. The summed E-state index contributed by atoms with van der Waals surface area (Å²) < 4.78 is 6.94. The summed E-state index contributed by atoms with van der Waals surface area (Å²) in [5.41, 5.74) is 2.60. The second-order valence-electron chi connectivity index (χ2n) is 5.88. The van der Waals surface area contributed by atoms with Crippen LogP contribution in [0, 0.1) is 11.8 Å². The van der Waals surface area contributed by atoms with Crippen LogP contribution in [-0.4, -0.2) is 22.2 Å². The molecular formula is C15H18Br2N2O2. The third-order valence-corrected chi connectivity index (χ3v) is 6.38. The first-order valence-corrected chi connectivity index (χ1v) is 8.80. The number of hydrogen-bond donors (Lipinski definition) is 2. The number of ether oxygens (including phenoxy) is 1. The van der Waals surface area contributed by atoms with Crippen LogP contribution in [0.4, 0.5) is 0 Å². The van der Waals surface area contributed by atoms with Gasteiger partial charge < -0.3 is 14.7 Å². The molecule has 1 fully saturated rings. The van der Waals surface area contributed by atoms with Gasteiger partial charge in [0.15, 0.2) is 0 Å². The lowest BCUT2D eigenvalue weighted by molar-refractivity contribution is 0.0511. The quantitative estimate of drug-likeness (QED) is 0.722. The topological polar surface area (TPSA) is 57.9 Å². The van der Waals surface area contributed by atoms with E-state index < -0.39 is 0 Å². The third kappa shape index (κ3) is 2.62. The molecule has 1 aromatic heterocycles. The zero-order valence-electron chi connectivity index (χ0n) is 12.1. The fraction of sp³-hybridized carbons (Fsp3) is 0.533. The van der Waals surface area contributed by atoms with Gasteiger partial charge in [0, 0.05) is 15.2 Å². The molecule has 0 aliphatic carbocycles. The van der Waals surface area contributed by atoms with Crippen LogP contribution in [0.5, 0.6) is 0 Å². The fourth-order valence-corrected chi connectivity index (χ4v) is 5.48. The molecule has 21 heavy (non-hydrogen) atoms. The Hall–Kier alpha value is -0.590. The Morgan fingerprint density at radius 2 is 1.76 bits per heavy atom. The van der Waals surface area contributed by atoms with Crippen LogP contribution in [0.25, 0.3) is 11.0 Å². The van der Waals surface area contributed by atoms with Crippen LogP contribution < -0.4 is 5.69 Å². The van der Waals surface area contributed by atoms with Crippen LogP contribution in [-0.2, 0) is 4.74 Å². The first-order valence-electron chi connectivity index (χ1n) is 7.09. The summed E-state index contributed by atoms with van der Waals surface area (Å²) in [6.07, 6.45) is 0.465. The van der Waals surface area contributed by atoms with Crippen LogP contribution in [0.15, 0.2) is 21.4 Å². The number of halogens is 2. The predicted molar refractivity (Wildman–Crippen MR) is 91.0 cm³/mol. The van der Waals surface area contributed by atoms with Crippen molar-refractivity contribution < 1.29 is 4.74 Å². The molecule has 2 aromatic rings. The Labute approximate surface area is 139 Å². The fourth-order valence-electron chi connectivity index (χ4n) is 3.29. The minimum absolute atomic E-state index is 0.171. The van der Waals surface area contributed by atoms with Gasteiger partial charge in [0.1, 0.15) is 0 Å². The molecule has 5 unspecified atom stereocenters. The molecule has 1 aliphatic rings. The standard InChI is InChI=1S/C15H18Br2N2O2/c1-6-7(2)21-8(3)13(6)14(17)9-4-11-12(5-10(9)16)19-15(20)18-11/h4-8,13-14H,1-3H3,(H2,18,19,20). The van der Waals surface area contributed by atoms with Crippen molar-refractivity contribution in [3.05, 3.63) is 32.7 Å². The zero-order chi connectivity index (χ0) is 15.3. The van der Waals surface area contributed by atoms with Gasteiger partial charge in [-0.2, -0.15) is 0 Å². The summed E-state index contributed by atoms with van der Waals surface area (Å²) >= 11 is 7.47. The van der Waals surface area contributed by atoms with Crippen LogP contribution in [0.1, 0.15) is 31.2 Å². The van der Waals surface area contributed by atoms with E-state index in [1.165, 1.54) is 0 Å². The highest BCUT2D eigenvalue weighted by molar-refractivity contribution is 9.11. The minimum atomic E-state index is -0.181. The van der Waals surface area contributed by atoms with E-state index in [2.05, 4.69) is 62.6 Å². The molecule has 0 bridgehead atoms. The highest BCUT2D eigenvalue weighted by atomic mass is 79.9. The number of fused-ring (bicyclic) bond motifs is 1. The number of alkyl halides is 1. The molecule has 2 heterocycles. The lowest BCUT2D eigenvalue weighted by Crippen LogP contribution is -2.22. The monoisotopic (exact) mass is 416 g/mol. The molecule has 0 saturated carbocycles. The van der Waals surface area contributed by atoms with E-state index >= 15 is 0 Å². The highest BCUT2D eigenvalue weighted by Crippen LogP contribution is 2.47. The molecule has 1 aliphatic heterocycles. The van der Waals surface area contributed by atoms with Crippen LogP contribution in [0.2, 0.25) is 0 Å². The summed E-state index contributed by atoms with van der Waals surface area (Å²) in [6, 6.07) is 3.98. The van der Waals surface area contributed by atoms with Gasteiger partial charge in [-0.3, -0.25) is 0 Å². The van der Waals surface area contributed by atoms with Gasteiger partial charge in [0.25, 0.3) is 0 Å². The summed E-state index contributed by atoms with van der Waals surface area (Å²) in [7, 11) is 0. The number of aromatic amines is 2. The average Bonchev–Trinajstić information content (AvgIpc) is 2.87. The van der Waals surface area contributed by atoms with Crippen molar-refractivity contribution in [2.24, 2.45) is 11.8 Å². The van der Waals surface area contributed by atoms with Crippen molar-refractivity contribution in [3.63, 3.8) is 0 Å². The molecule has 1 aromatic carbocycles. The van der Waals surface area contributed by atoms with E-state index in [1.807, 2.05) is 12.1 Å². The first-order chi connectivity index (χ1) is 9.88. The number of aromatic nitrogens is 2. The first kappa shape index (κ1) is 15.3. The van der Waals surface area contributed by atoms with Gasteiger partial charge in [0.05, 0.1) is 23.2 Å². The van der Waals surface area contributed by atoms with E-state index in [1.54, 1.807) is 0 Å². The van der Waals surface area contributed by atoms with Gasteiger partial charge in [-0.1, -0.05) is 38.8 Å². The number of benzene rings is 1. The molecule has 6 heteroatoms. The molecule has 114 valence electrons. The van der Waals surface area contributed by atoms with Gasteiger partial charge >= 0.3 is 5.69 Å². The minimum Gasteiger partial charge on any atom is -0.375 e. The van der Waals surface area contributed by atoms with Gasteiger partial charge in [-0.05, 0) is 37.5 Å². The lowest BCUT2D eigenvalue weighted by Gasteiger charge is -2.25. The number of imidazole rings is 1. The van der Waals surface area contributed by atoms with Crippen LogP contribution >= 0.6 is 31.9 Å². The van der Waals surface area contributed by atoms with E-state index in [-0.39, 0.29) is 22.7 Å². The zero-order valence-corrected chi connectivity index (χ0v) is 15.3. The molecule has 0 radical (unpaired) electrons. The molecular weight excluding hydrogens is 400 g/mol. The summed E-state index contributed by atoms with van der Waals surface area (Å²) in [4.78, 5) is 17.2. The second-order valence-corrected chi connectivity index (χ2v) is 7.72. The molecule has 5 atom stereocenters. The Morgan fingerprint density at radius 3 is 2.33 bits per heavy atom. The SMILES string of the molecule is CC1OC(C)C(C(Br)c2cc3[nH]c(=O)[nH]c3cc2Br)C1C. The number of H-pyrrole nitrogens is 2. The molecule has 0 spiro atoms. The molecule has 0 amide bonds. The van der Waals surface area contributed by atoms with E-state index in [4.69, 9.17) is 4.74 Å². The largest absolute Gasteiger partial charge is 0.375 e. The molecule has 2 N–H and O–H groups in total. The predicted octanol–water partition coefficient (Wildman–Crippen LogP) is 4.11.